The molecular weight excluding hydrogens is 310 g/mol. The van der Waals surface area contributed by atoms with Crippen LogP contribution in [0.1, 0.15) is 13.3 Å². The maximum absolute atomic E-state index is 10.7. The Labute approximate surface area is 183 Å². The summed E-state index contributed by atoms with van der Waals surface area (Å²) >= 11 is 0. The van der Waals surface area contributed by atoms with Crippen LogP contribution in [0, 0.1) is 0 Å². The van der Waals surface area contributed by atoms with Crippen molar-refractivity contribution in [2.75, 3.05) is 6.61 Å². The number of hydrogen-bond acceptors (Lipinski definition) is 7. The third kappa shape index (κ3) is 6.88. The number of carboxylic acid groups (broad SMARTS) is 2. The van der Waals surface area contributed by atoms with Gasteiger partial charge in [-0.2, -0.15) is 8.42 Å². The van der Waals surface area contributed by atoms with Crippen LogP contribution in [0.3, 0.4) is 0 Å². The summed E-state index contributed by atoms with van der Waals surface area (Å²) in [7, 11) is -5.29. The molecule has 8 nitrogen and oxygen atoms in total. The zero-order chi connectivity index (χ0) is 12.3. The van der Waals surface area contributed by atoms with E-state index < -0.39 is 40.0 Å². The summed E-state index contributed by atoms with van der Waals surface area (Å²) in [5, 5.41) is 20.7. The average molecular weight is 318 g/mol. The molecule has 0 aliphatic carbocycles. The van der Waals surface area contributed by atoms with Crippen LogP contribution < -0.4 is 113 Å². The number of carbonyl (C=O) groups is 2. The van der Waals surface area contributed by atoms with E-state index in [4.69, 9.17) is 4.55 Å². The molecule has 0 spiro atoms. The first-order valence-electron chi connectivity index (χ1n) is 3.69. The first kappa shape index (κ1) is 24.1. The summed E-state index contributed by atoms with van der Waals surface area (Å²) in [5.41, 5.74) is 0. The molecule has 0 rings (SSSR count). The number of carbonyl (C=O) groups excluding carboxylic acids is 2. The van der Waals surface area contributed by atoms with Gasteiger partial charge in [0.15, 0.2) is 0 Å². The Balaban J connectivity index is -0.000000980. The average Bonchev–Trinajstić information content (AvgIpc) is 1.99. The van der Waals surface area contributed by atoms with Crippen LogP contribution in [-0.4, -0.2) is 36.4 Å². The molecule has 0 bridgehead atoms. The SMILES string of the molecule is CCOC(CC(=O)[O-])(C(=O)[O-])S(=O)(=O)O.[K+].[K+]. The topological polar surface area (TPSA) is 144 Å². The van der Waals surface area contributed by atoms with E-state index in [1.807, 2.05) is 0 Å². The molecule has 1 N–H and O–H groups in total. The van der Waals surface area contributed by atoms with E-state index >= 15 is 0 Å². The van der Waals surface area contributed by atoms with E-state index in [0.29, 0.717) is 0 Å². The van der Waals surface area contributed by atoms with Crippen molar-refractivity contribution in [3.8, 4) is 0 Å². The zero-order valence-corrected chi connectivity index (χ0v) is 16.7. The fraction of sp³-hybridized carbons (Fsp3) is 0.667. The summed E-state index contributed by atoms with van der Waals surface area (Å²) in [6.07, 6.45) is -1.55. The molecule has 11 heteroatoms. The quantitative estimate of drug-likeness (QED) is 0.375. The third-order valence-corrected chi connectivity index (χ3v) is 2.74. The van der Waals surface area contributed by atoms with Gasteiger partial charge in [0.1, 0.15) is 0 Å². The van der Waals surface area contributed by atoms with Crippen LogP contribution in [0.25, 0.3) is 0 Å². The summed E-state index contributed by atoms with van der Waals surface area (Å²) in [4.78, 5) is 17.4. The Hall–Kier alpha value is 2.08. The van der Waals surface area contributed by atoms with Gasteiger partial charge >= 0.3 is 113 Å². The number of aliphatic carboxylic acids is 2. The van der Waals surface area contributed by atoms with Crippen LogP contribution in [0.5, 0.6) is 0 Å². The van der Waals surface area contributed by atoms with Crippen molar-refractivity contribution in [3.05, 3.63) is 0 Å². The van der Waals surface area contributed by atoms with Crippen molar-refractivity contribution >= 4 is 22.1 Å². The minimum Gasteiger partial charge on any atom is -0.550 e. The van der Waals surface area contributed by atoms with Gasteiger partial charge in [-0.15, -0.1) is 0 Å². The fourth-order valence-corrected chi connectivity index (χ4v) is 1.65. The van der Waals surface area contributed by atoms with Gasteiger partial charge < -0.3 is 24.5 Å². The van der Waals surface area contributed by atoms with E-state index in [2.05, 4.69) is 4.74 Å². The van der Waals surface area contributed by atoms with Gasteiger partial charge in [-0.1, -0.05) is 0 Å². The van der Waals surface area contributed by atoms with Crippen molar-refractivity contribution < 1.29 is 140 Å². The predicted octanol–water partition coefficient (Wildman–Crippen LogP) is -9.50. The fourth-order valence-electron chi connectivity index (χ4n) is 0.876. The second-order valence-electron chi connectivity index (χ2n) is 2.50. The number of carboxylic acids is 2. The van der Waals surface area contributed by atoms with Gasteiger partial charge in [0.05, 0.1) is 5.97 Å². The standard InChI is InChI=1S/C6H10O8S.2K/c1-2-14-6(5(9)10,3-4(7)8)15(11,12)13;;/h2-3H2,1H3,(H,7,8)(H,9,10)(H,11,12,13);;/q;2*+1/p-2. The normalized spacial score (nSPS) is 13.8. The smallest absolute Gasteiger partial charge is 0.550 e. The van der Waals surface area contributed by atoms with E-state index in [1.165, 1.54) is 6.92 Å². The Morgan fingerprint density at radius 3 is 1.88 bits per heavy atom. The van der Waals surface area contributed by atoms with Crippen LogP contribution in [0.4, 0.5) is 0 Å². The summed E-state index contributed by atoms with van der Waals surface area (Å²) < 4.78 is 34.3. The summed E-state index contributed by atoms with van der Waals surface area (Å²) in [6.45, 7) is 0.777. The second-order valence-corrected chi connectivity index (χ2v) is 4.11. The minimum atomic E-state index is -5.29. The van der Waals surface area contributed by atoms with Crippen LogP contribution >= 0.6 is 0 Å². The molecule has 0 fully saturated rings. The monoisotopic (exact) mass is 318 g/mol. The van der Waals surface area contributed by atoms with E-state index in [9.17, 15) is 28.2 Å². The molecule has 0 aromatic carbocycles. The molecule has 0 aliphatic rings. The first-order chi connectivity index (χ1) is 6.67. The molecule has 0 saturated carbocycles. The molecule has 0 aromatic heterocycles. The molecule has 0 heterocycles. The third-order valence-electron chi connectivity index (χ3n) is 1.48. The Morgan fingerprint density at radius 2 is 1.71 bits per heavy atom. The van der Waals surface area contributed by atoms with E-state index in [0.717, 1.165) is 0 Å². The molecule has 0 aliphatic heterocycles. The van der Waals surface area contributed by atoms with E-state index in [-0.39, 0.29) is 103 Å². The van der Waals surface area contributed by atoms with Gasteiger partial charge in [-0.05, 0) is 6.92 Å². The summed E-state index contributed by atoms with van der Waals surface area (Å²) in [5.74, 6) is -4.37. The Kier molecular flexibility index (Phi) is 14.1. The van der Waals surface area contributed by atoms with Crippen molar-refractivity contribution in [2.24, 2.45) is 0 Å². The van der Waals surface area contributed by atoms with Gasteiger partial charge in [-0.3, -0.25) is 4.55 Å². The molecule has 0 saturated heterocycles. The van der Waals surface area contributed by atoms with Crippen LogP contribution in [0.2, 0.25) is 0 Å². The van der Waals surface area contributed by atoms with Gasteiger partial charge in [0.2, 0.25) is 4.93 Å². The molecule has 1 atom stereocenters. The molecule has 1 unspecified atom stereocenters. The molecular formula is C6H8K2O8S. The maximum Gasteiger partial charge on any atom is 1.00 e. The van der Waals surface area contributed by atoms with E-state index in [1.54, 1.807) is 0 Å². The number of hydrogen-bond donors (Lipinski definition) is 1. The first-order valence-corrected chi connectivity index (χ1v) is 5.13. The predicted molar refractivity (Wildman–Crippen MR) is 40.5 cm³/mol. The number of ether oxygens (including phenoxy) is 1. The van der Waals surface area contributed by atoms with Crippen molar-refractivity contribution in [3.63, 3.8) is 0 Å². The molecule has 0 amide bonds. The molecule has 0 aromatic rings. The second kappa shape index (κ2) is 9.90. The number of rotatable bonds is 6. The van der Waals surface area contributed by atoms with Gasteiger partial charge in [-0.25, -0.2) is 0 Å². The van der Waals surface area contributed by atoms with Gasteiger partial charge in [0.25, 0.3) is 0 Å². The van der Waals surface area contributed by atoms with Crippen LogP contribution in [0.15, 0.2) is 0 Å². The van der Waals surface area contributed by atoms with Crippen molar-refractivity contribution in [1.29, 1.82) is 0 Å². The Morgan fingerprint density at radius 1 is 1.29 bits per heavy atom. The zero-order valence-electron chi connectivity index (χ0n) is 9.63. The minimum absolute atomic E-state index is 0. The largest absolute Gasteiger partial charge is 1.00 e. The molecule has 17 heavy (non-hydrogen) atoms. The van der Waals surface area contributed by atoms with Crippen molar-refractivity contribution in [2.45, 2.75) is 18.3 Å². The van der Waals surface area contributed by atoms with Crippen LogP contribution in [-0.2, 0) is 24.4 Å². The van der Waals surface area contributed by atoms with Crippen molar-refractivity contribution in [1.82, 2.24) is 0 Å². The molecule has 0 radical (unpaired) electrons. The maximum atomic E-state index is 10.7. The summed E-state index contributed by atoms with van der Waals surface area (Å²) in [6, 6.07) is 0. The Bertz CT molecular complexity index is 366. The molecule has 88 valence electrons. The van der Waals surface area contributed by atoms with Gasteiger partial charge in [0, 0.05) is 19.0 Å².